The first-order valence-corrected chi connectivity index (χ1v) is 12.7. The SMILES string of the molecule is O=C(C1CNC[C@]12CCCc1nccnc12)N1CC[C@@H](c2ccccc2)C[C@H]1c1ccccc1. The Hall–Kier alpha value is -3.05. The molecule has 1 aromatic heterocycles. The Morgan fingerprint density at radius 3 is 2.50 bits per heavy atom. The molecule has 6 rings (SSSR count). The van der Waals surface area contributed by atoms with Gasteiger partial charge in [0, 0.05) is 37.4 Å². The molecule has 5 heteroatoms. The van der Waals surface area contributed by atoms with Gasteiger partial charge >= 0.3 is 0 Å². The molecular weight excluding hydrogens is 420 g/mol. The van der Waals surface area contributed by atoms with Gasteiger partial charge in [-0.15, -0.1) is 0 Å². The minimum absolute atomic E-state index is 0.0928. The molecule has 34 heavy (non-hydrogen) atoms. The standard InChI is InChI=1S/C29H32N4O/c34-28(24-19-30-20-29(24)14-7-12-25-27(29)32-16-15-31-25)33-17-13-23(21-8-3-1-4-9-21)18-26(33)22-10-5-2-6-11-22/h1-6,8-11,15-16,23-24,26,30H,7,12-14,17-20H2/t23-,24?,26+,29-/m1/s1. The molecule has 3 aliphatic rings. The molecule has 1 aliphatic carbocycles. The van der Waals surface area contributed by atoms with Crippen LogP contribution in [0.3, 0.4) is 0 Å². The first-order valence-electron chi connectivity index (χ1n) is 12.7. The topological polar surface area (TPSA) is 58.1 Å². The number of hydrogen-bond donors (Lipinski definition) is 1. The zero-order valence-corrected chi connectivity index (χ0v) is 19.6. The number of rotatable bonds is 3. The molecule has 5 nitrogen and oxygen atoms in total. The summed E-state index contributed by atoms with van der Waals surface area (Å²) in [6.45, 7) is 2.32. The molecule has 3 heterocycles. The lowest BCUT2D eigenvalue weighted by Gasteiger charge is -2.44. The van der Waals surface area contributed by atoms with Crippen molar-refractivity contribution in [2.24, 2.45) is 5.92 Å². The molecule has 4 atom stereocenters. The molecule has 1 spiro atoms. The van der Waals surface area contributed by atoms with Crippen LogP contribution in [-0.4, -0.2) is 40.4 Å². The highest BCUT2D eigenvalue weighted by Gasteiger charge is 2.53. The lowest BCUT2D eigenvalue weighted by Crippen LogP contribution is -2.50. The average Bonchev–Trinajstić information content (AvgIpc) is 3.33. The summed E-state index contributed by atoms with van der Waals surface area (Å²) >= 11 is 0. The number of hydrogen-bond acceptors (Lipinski definition) is 4. The Morgan fingerprint density at radius 2 is 1.71 bits per heavy atom. The van der Waals surface area contributed by atoms with Crippen LogP contribution in [0, 0.1) is 5.92 Å². The third-order valence-corrected chi connectivity index (χ3v) is 8.38. The van der Waals surface area contributed by atoms with E-state index in [9.17, 15) is 4.79 Å². The number of aromatic nitrogens is 2. The lowest BCUT2D eigenvalue weighted by atomic mass is 9.67. The van der Waals surface area contributed by atoms with Gasteiger partial charge in [0.15, 0.2) is 0 Å². The maximum Gasteiger partial charge on any atom is 0.228 e. The van der Waals surface area contributed by atoms with Crippen molar-refractivity contribution in [1.29, 1.82) is 0 Å². The van der Waals surface area contributed by atoms with Crippen LogP contribution in [0.1, 0.15) is 60.2 Å². The van der Waals surface area contributed by atoms with Crippen LogP contribution < -0.4 is 5.32 Å². The molecule has 2 saturated heterocycles. The summed E-state index contributed by atoms with van der Waals surface area (Å²) in [5, 5.41) is 3.57. The second-order valence-corrected chi connectivity index (χ2v) is 10.1. The van der Waals surface area contributed by atoms with E-state index in [1.54, 1.807) is 12.4 Å². The monoisotopic (exact) mass is 452 g/mol. The lowest BCUT2D eigenvalue weighted by molar-refractivity contribution is -0.141. The predicted octanol–water partition coefficient (Wildman–Crippen LogP) is 4.42. The number of nitrogens with zero attached hydrogens (tertiary/aromatic N) is 3. The quantitative estimate of drug-likeness (QED) is 0.639. The van der Waals surface area contributed by atoms with Gasteiger partial charge in [-0.05, 0) is 49.1 Å². The number of benzene rings is 2. The number of carbonyl (C=O) groups is 1. The number of fused-ring (bicyclic) bond motifs is 2. The summed E-state index contributed by atoms with van der Waals surface area (Å²) < 4.78 is 0. The van der Waals surface area contributed by atoms with Crippen molar-refractivity contribution in [3.63, 3.8) is 0 Å². The van der Waals surface area contributed by atoms with Crippen molar-refractivity contribution < 1.29 is 4.79 Å². The zero-order valence-electron chi connectivity index (χ0n) is 19.6. The van der Waals surface area contributed by atoms with Crippen molar-refractivity contribution in [2.75, 3.05) is 19.6 Å². The van der Waals surface area contributed by atoms with Crippen molar-refractivity contribution >= 4 is 5.91 Å². The van der Waals surface area contributed by atoms with Crippen LogP contribution in [-0.2, 0) is 16.6 Å². The molecule has 1 unspecified atom stereocenters. The molecule has 2 aromatic carbocycles. The highest BCUT2D eigenvalue weighted by Crippen LogP contribution is 2.46. The fraction of sp³-hybridized carbons (Fsp3) is 0.414. The fourth-order valence-corrected chi connectivity index (χ4v) is 6.70. The third kappa shape index (κ3) is 3.63. The second kappa shape index (κ2) is 8.95. The molecule has 1 N–H and O–H groups in total. The van der Waals surface area contributed by atoms with Gasteiger partial charge in [-0.25, -0.2) is 0 Å². The molecule has 0 saturated carbocycles. The highest BCUT2D eigenvalue weighted by atomic mass is 16.2. The van der Waals surface area contributed by atoms with Crippen LogP contribution in [0.15, 0.2) is 73.1 Å². The van der Waals surface area contributed by atoms with Gasteiger partial charge in [-0.2, -0.15) is 0 Å². The number of nitrogens with one attached hydrogen (secondary N) is 1. The van der Waals surface area contributed by atoms with Crippen molar-refractivity contribution in [1.82, 2.24) is 20.2 Å². The molecule has 1 amide bonds. The number of carbonyl (C=O) groups excluding carboxylic acids is 1. The van der Waals surface area contributed by atoms with Gasteiger partial charge in [0.25, 0.3) is 0 Å². The zero-order chi connectivity index (χ0) is 23.0. The number of aryl methyl sites for hydroxylation is 1. The van der Waals surface area contributed by atoms with Gasteiger partial charge in [0.2, 0.25) is 5.91 Å². The Balaban J connectivity index is 1.34. The predicted molar refractivity (Wildman–Crippen MR) is 132 cm³/mol. The van der Waals surface area contributed by atoms with E-state index in [0.717, 1.165) is 63.1 Å². The average molecular weight is 453 g/mol. The van der Waals surface area contributed by atoms with E-state index in [2.05, 4.69) is 75.9 Å². The van der Waals surface area contributed by atoms with Crippen LogP contribution in [0.5, 0.6) is 0 Å². The Kier molecular flexibility index (Phi) is 5.66. The fourth-order valence-electron chi connectivity index (χ4n) is 6.70. The van der Waals surface area contributed by atoms with Gasteiger partial charge in [0.1, 0.15) is 0 Å². The number of piperidine rings is 1. The summed E-state index contributed by atoms with van der Waals surface area (Å²) in [4.78, 5) is 26.0. The van der Waals surface area contributed by atoms with Crippen molar-refractivity contribution in [2.45, 2.75) is 49.5 Å². The van der Waals surface area contributed by atoms with Crippen LogP contribution >= 0.6 is 0 Å². The summed E-state index contributed by atoms with van der Waals surface area (Å²) in [6.07, 6.45) is 8.57. The first-order chi connectivity index (χ1) is 16.8. The van der Waals surface area contributed by atoms with Crippen LogP contribution in [0.2, 0.25) is 0 Å². The molecule has 174 valence electrons. The van der Waals surface area contributed by atoms with Gasteiger partial charge in [-0.3, -0.25) is 14.8 Å². The first kappa shape index (κ1) is 21.5. The summed E-state index contributed by atoms with van der Waals surface area (Å²) in [5.74, 6) is 0.652. The van der Waals surface area contributed by atoms with E-state index < -0.39 is 0 Å². The normalized spacial score (nSPS) is 28.6. The van der Waals surface area contributed by atoms with Gasteiger partial charge in [0.05, 0.1) is 23.3 Å². The van der Waals surface area contributed by atoms with Gasteiger partial charge in [-0.1, -0.05) is 60.7 Å². The highest BCUT2D eigenvalue weighted by molar-refractivity contribution is 5.82. The Bertz CT molecular complexity index is 1150. The van der Waals surface area contributed by atoms with Gasteiger partial charge < -0.3 is 10.2 Å². The Labute approximate surface area is 201 Å². The van der Waals surface area contributed by atoms with Crippen molar-refractivity contribution in [3.05, 3.63) is 95.6 Å². The number of amides is 1. The van der Waals surface area contributed by atoms with E-state index in [4.69, 9.17) is 4.98 Å². The Morgan fingerprint density at radius 1 is 0.971 bits per heavy atom. The molecule has 3 aromatic rings. The van der Waals surface area contributed by atoms with E-state index in [-0.39, 0.29) is 23.3 Å². The van der Waals surface area contributed by atoms with E-state index in [1.165, 1.54) is 11.1 Å². The minimum atomic E-state index is -0.240. The van der Waals surface area contributed by atoms with E-state index >= 15 is 0 Å². The van der Waals surface area contributed by atoms with Crippen LogP contribution in [0.25, 0.3) is 0 Å². The van der Waals surface area contributed by atoms with E-state index in [1.807, 2.05) is 0 Å². The maximum atomic E-state index is 14.3. The van der Waals surface area contributed by atoms with Crippen molar-refractivity contribution in [3.8, 4) is 0 Å². The summed E-state index contributed by atoms with van der Waals surface area (Å²) in [7, 11) is 0. The summed E-state index contributed by atoms with van der Waals surface area (Å²) in [5.41, 5.74) is 4.51. The molecule has 2 fully saturated rings. The largest absolute Gasteiger partial charge is 0.335 e. The minimum Gasteiger partial charge on any atom is -0.335 e. The molecular formula is C29H32N4O. The second-order valence-electron chi connectivity index (χ2n) is 10.1. The molecule has 0 bridgehead atoms. The number of likely N-dealkylation sites (tertiary alicyclic amines) is 1. The molecule has 2 aliphatic heterocycles. The summed E-state index contributed by atoms with van der Waals surface area (Å²) in [6, 6.07) is 21.5. The molecule has 0 radical (unpaired) electrons. The maximum absolute atomic E-state index is 14.3. The van der Waals surface area contributed by atoms with Crippen LogP contribution in [0.4, 0.5) is 0 Å². The smallest absolute Gasteiger partial charge is 0.228 e. The van der Waals surface area contributed by atoms with E-state index in [0.29, 0.717) is 5.92 Å². The third-order valence-electron chi connectivity index (χ3n) is 8.38.